The fraction of sp³-hybridized carbons (Fsp3) is 0.116. The summed E-state index contributed by atoms with van der Waals surface area (Å²) in [5, 5.41) is 9.17. The third-order valence-electron chi connectivity index (χ3n) is 8.74. The topological polar surface area (TPSA) is 30.7 Å². The predicted molar refractivity (Wildman–Crippen MR) is 217 cm³/mol. The zero-order valence-corrected chi connectivity index (χ0v) is 30.2. The van der Waals surface area contributed by atoms with Gasteiger partial charge in [0.1, 0.15) is 0 Å². The molecule has 0 spiro atoms. The van der Waals surface area contributed by atoms with E-state index in [-0.39, 0.29) is 5.28 Å². The number of hydrogen-bond donors (Lipinski definition) is 0. The van der Waals surface area contributed by atoms with Crippen molar-refractivity contribution in [3.8, 4) is 16.9 Å². The Morgan fingerprint density at radius 3 is 1.80 bits per heavy atom. The monoisotopic (exact) mass is 691 g/mol. The highest BCUT2D eigenvalue weighted by Gasteiger charge is 2.22. The van der Waals surface area contributed by atoms with Crippen LogP contribution in [0.5, 0.6) is 0 Å². The molecule has 4 heterocycles. The lowest BCUT2D eigenvalue weighted by Gasteiger charge is -2.11. The van der Waals surface area contributed by atoms with Gasteiger partial charge in [-0.25, -0.2) is 9.97 Å². The van der Waals surface area contributed by atoms with Crippen molar-refractivity contribution < 1.29 is 0 Å². The highest BCUT2D eigenvalue weighted by molar-refractivity contribution is 7.27. The lowest BCUT2D eigenvalue weighted by atomic mass is 9.99. The molecular formula is C43H34ClN3S2. The molecule has 0 bridgehead atoms. The normalized spacial score (nSPS) is 11.4. The first-order valence-electron chi connectivity index (χ1n) is 16.9. The van der Waals surface area contributed by atoms with Gasteiger partial charge in [0.2, 0.25) is 5.28 Å². The number of benzene rings is 6. The van der Waals surface area contributed by atoms with Crippen molar-refractivity contribution in [2.45, 2.75) is 34.1 Å². The van der Waals surface area contributed by atoms with Crippen molar-refractivity contribution >= 4 is 107 Å². The van der Waals surface area contributed by atoms with Crippen LogP contribution in [-0.2, 0) is 0 Å². The summed E-state index contributed by atoms with van der Waals surface area (Å²) >= 11 is 10.1. The molecule has 240 valence electrons. The molecule has 3 nitrogen and oxygen atoms in total. The van der Waals surface area contributed by atoms with Crippen LogP contribution in [0.15, 0.2) is 121 Å². The average Bonchev–Trinajstić information content (AvgIpc) is 3.83. The van der Waals surface area contributed by atoms with E-state index in [9.17, 15) is 0 Å². The highest BCUT2D eigenvalue weighted by atomic mass is 35.5. The summed E-state index contributed by atoms with van der Waals surface area (Å²) in [7, 11) is 0. The van der Waals surface area contributed by atoms with E-state index in [1.165, 1.54) is 63.9 Å². The van der Waals surface area contributed by atoms with Gasteiger partial charge in [0.25, 0.3) is 0 Å². The molecule has 4 aromatic heterocycles. The van der Waals surface area contributed by atoms with Gasteiger partial charge in [-0.1, -0.05) is 125 Å². The molecule has 10 aromatic rings. The van der Waals surface area contributed by atoms with E-state index in [2.05, 4.69) is 139 Å². The molecule has 10 rings (SSSR count). The molecule has 0 fully saturated rings. The Hall–Kier alpha value is -4.81. The fourth-order valence-corrected chi connectivity index (χ4v) is 9.50. The zero-order chi connectivity index (χ0) is 33.6. The van der Waals surface area contributed by atoms with E-state index in [1.54, 1.807) is 11.3 Å². The summed E-state index contributed by atoms with van der Waals surface area (Å²) < 4.78 is 7.30. The number of rotatable bonds is 2. The van der Waals surface area contributed by atoms with Crippen LogP contribution in [-0.4, -0.2) is 14.5 Å². The molecule has 0 aliphatic rings. The smallest absolute Gasteiger partial charge is 0.223 e. The van der Waals surface area contributed by atoms with Crippen LogP contribution >= 0.6 is 34.3 Å². The second kappa shape index (κ2) is 12.9. The maximum absolute atomic E-state index is 6.49. The summed E-state index contributed by atoms with van der Waals surface area (Å²) in [6.45, 7) is 8.25. The first kappa shape index (κ1) is 31.5. The number of aromatic nitrogens is 3. The Kier molecular flexibility index (Phi) is 8.28. The van der Waals surface area contributed by atoms with Crippen molar-refractivity contribution in [3.63, 3.8) is 0 Å². The Labute approximate surface area is 298 Å². The van der Waals surface area contributed by atoms with Crippen LogP contribution in [0.4, 0.5) is 0 Å². The molecule has 49 heavy (non-hydrogen) atoms. The van der Waals surface area contributed by atoms with Gasteiger partial charge >= 0.3 is 0 Å². The average molecular weight is 692 g/mol. The first-order chi connectivity index (χ1) is 24.2. The quantitative estimate of drug-likeness (QED) is 0.169. The van der Waals surface area contributed by atoms with Gasteiger partial charge in [-0.05, 0) is 52.7 Å². The lowest BCUT2D eigenvalue weighted by molar-refractivity contribution is 1.09. The number of para-hydroxylation sites is 1. The lowest BCUT2D eigenvalue weighted by Crippen LogP contribution is -1.95. The molecule has 0 atom stereocenters. The van der Waals surface area contributed by atoms with Crippen LogP contribution in [0, 0.1) is 0 Å². The summed E-state index contributed by atoms with van der Waals surface area (Å²) in [5.41, 5.74) is 6.36. The van der Waals surface area contributed by atoms with Gasteiger partial charge in [-0.3, -0.25) is 0 Å². The van der Waals surface area contributed by atoms with Crippen molar-refractivity contribution in [3.05, 3.63) is 127 Å². The summed E-state index contributed by atoms with van der Waals surface area (Å²) in [5.74, 6) is 0. The van der Waals surface area contributed by atoms with Gasteiger partial charge in [0, 0.05) is 47.6 Å². The minimum atomic E-state index is 0.265. The molecule has 0 saturated heterocycles. The molecule has 6 aromatic carbocycles. The SMILES string of the molecule is CC.CCC.Clc1nc(-c2ccc(-n3c4ccccc4c4c5ccccc5c5c6ccccc6sc5c43)cc2)c2sc3ccccc3c2n1. The van der Waals surface area contributed by atoms with Crippen molar-refractivity contribution in [2.24, 2.45) is 0 Å². The van der Waals surface area contributed by atoms with E-state index in [0.29, 0.717) is 0 Å². The maximum Gasteiger partial charge on any atom is 0.223 e. The second-order valence-electron chi connectivity index (χ2n) is 11.8. The molecule has 0 aliphatic heterocycles. The Balaban J connectivity index is 0.000000664. The fourth-order valence-electron chi connectivity index (χ4n) is 6.92. The first-order valence-corrected chi connectivity index (χ1v) is 18.9. The number of nitrogens with zero attached hydrogens (tertiary/aromatic N) is 3. The van der Waals surface area contributed by atoms with Crippen molar-refractivity contribution in [1.82, 2.24) is 14.5 Å². The standard InChI is InChI=1S/C38H20ClN3S2.C3H8.C2H6/c39-38-40-33(37-34(41-38)27-13-5-8-16-30(27)44-37)21-17-19-22(20-18-21)42-28-14-6-3-11-25(28)31-23-9-1-2-10-24(23)32-26-12-4-7-15-29(26)43-36(32)35(31)42;1-3-2;1-2/h1-20H;3H2,1-2H3;1-2H3. The zero-order valence-electron chi connectivity index (χ0n) is 27.8. The minimum Gasteiger partial charge on any atom is -0.308 e. The van der Waals surface area contributed by atoms with Crippen LogP contribution < -0.4 is 0 Å². The molecule has 0 saturated carbocycles. The molecule has 0 N–H and O–H groups in total. The second-order valence-corrected chi connectivity index (χ2v) is 14.2. The number of thiophene rings is 2. The molecule has 0 aliphatic carbocycles. The van der Waals surface area contributed by atoms with Crippen LogP contribution in [0.1, 0.15) is 34.1 Å². The van der Waals surface area contributed by atoms with E-state index in [1.807, 2.05) is 31.3 Å². The number of fused-ring (bicyclic) bond motifs is 13. The predicted octanol–water partition coefficient (Wildman–Crippen LogP) is 14.2. The van der Waals surface area contributed by atoms with E-state index < -0.39 is 0 Å². The highest BCUT2D eigenvalue weighted by Crippen LogP contribution is 2.48. The molecule has 0 amide bonds. The number of halogens is 1. The van der Waals surface area contributed by atoms with Gasteiger partial charge in [-0.15, -0.1) is 22.7 Å². The van der Waals surface area contributed by atoms with E-state index in [0.717, 1.165) is 32.5 Å². The van der Waals surface area contributed by atoms with E-state index in [4.69, 9.17) is 16.6 Å². The van der Waals surface area contributed by atoms with Gasteiger partial charge in [0.05, 0.1) is 31.6 Å². The van der Waals surface area contributed by atoms with E-state index >= 15 is 0 Å². The van der Waals surface area contributed by atoms with Crippen LogP contribution in [0.2, 0.25) is 5.28 Å². The maximum atomic E-state index is 6.49. The largest absolute Gasteiger partial charge is 0.308 e. The summed E-state index contributed by atoms with van der Waals surface area (Å²) in [4.78, 5) is 9.33. The summed E-state index contributed by atoms with van der Waals surface area (Å²) in [6.07, 6.45) is 1.25. The molecule has 6 heteroatoms. The third kappa shape index (κ3) is 4.99. The Bertz CT molecular complexity index is 2810. The Morgan fingerprint density at radius 1 is 0.571 bits per heavy atom. The van der Waals surface area contributed by atoms with Crippen LogP contribution in [0.3, 0.4) is 0 Å². The molecular weight excluding hydrogens is 658 g/mol. The molecule has 0 unspecified atom stereocenters. The van der Waals surface area contributed by atoms with Crippen molar-refractivity contribution in [2.75, 3.05) is 0 Å². The van der Waals surface area contributed by atoms with Crippen LogP contribution in [0.25, 0.3) is 90.0 Å². The molecule has 0 radical (unpaired) electrons. The summed E-state index contributed by atoms with van der Waals surface area (Å²) in [6, 6.07) is 43.5. The third-order valence-corrected chi connectivity index (χ3v) is 11.3. The number of hydrogen-bond acceptors (Lipinski definition) is 4. The van der Waals surface area contributed by atoms with Crippen molar-refractivity contribution in [1.29, 1.82) is 0 Å². The van der Waals surface area contributed by atoms with Gasteiger partial charge in [0.15, 0.2) is 0 Å². The van der Waals surface area contributed by atoms with Gasteiger partial charge < -0.3 is 4.57 Å². The minimum absolute atomic E-state index is 0.265. The Morgan fingerprint density at radius 2 is 1.10 bits per heavy atom. The van der Waals surface area contributed by atoms with Gasteiger partial charge in [-0.2, -0.15) is 0 Å².